The van der Waals surface area contributed by atoms with Crippen molar-refractivity contribution in [3.63, 3.8) is 0 Å². The first kappa shape index (κ1) is 20.2. The first-order valence-electron chi connectivity index (χ1n) is 9.67. The van der Waals surface area contributed by atoms with Gasteiger partial charge in [0, 0.05) is 15.6 Å². The maximum Gasteiger partial charge on any atom is 0.313 e. The molecular weight excluding hydrogens is 413 g/mol. The van der Waals surface area contributed by atoms with Crippen LogP contribution in [0.3, 0.4) is 0 Å². The summed E-state index contributed by atoms with van der Waals surface area (Å²) in [6.45, 7) is 0. The number of carbonyl (C=O) groups is 2. The van der Waals surface area contributed by atoms with Gasteiger partial charge in [0.15, 0.2) is 0 Å². The second-order valence-electron chi connectivity index (χ2n) is 7.65. The van der Waals surface area contributed by atoms with Gasteiger partial charge in [-0.15, -0.1) is 0 Å². The van der Waals surface area contributed by atoms with Crippen LogP contribution in [0.1, 0.15) is 59.1 Å². The smallest absolute Gasteiger partial charge is 0.313 e. The Morgan fingerprint density at radius 2 is 1.76 bits per heavy atom. The van der Waals surface area contributed by atoms with Crippen LogP contribution in [0.5, 0.6) is 0 Å². The van der Waals surface area contributed by atoms with Crippen molar-refractivity contribution in [2.24, 2.45) is 0 Å². The van der Waals surface area contributed by atoms with E-state index in [-0.39, 0.29) is 5.91 Å². The first-order valence-corrected chi connectivity index (χ1v) is 10.4. The Labute approximate surface area is 178 Å². The quantitative estimate of drug-likeness (QED) is 0.737. The van der Waals surface area contributed by atoms with E-state index in [1.807, 2.05) is 0 Å². The fraction of sp³-hybridized carbons (Fsp3) is 0.364. The standard InChI is InChI=1S/C22H21Cl2NO4/c23-12-9-10-15(16(24)11-12)20-19(22(28)29)13-5-1-2-6-14(13)21(27)25(20)17-7-3-4-8-18(17)26/h1-2,5-6,9-11,17-20,26H,3-4,7-8H2,(H,28,29)/t17-,18-,19+,20-/m0/s1. The zero-order valence-electron chi connectivity index (χ0n) is 15.6. The number of amides is 1. The van der Waals surface area contributed by atoms with E-state index >= 15 is 0 Å². The van der Waals surface area contributed by atoms with Gasteiger partial charge in [-0.25, -0.2) is 0 Å². The molecule has 0 aromatic heterocycles. The largest absolute Gasteiger partial charge is 0.481 e. The highest BCUT2D eigenvalue weighted by Crippen LogP contribution is 2.47. The molecule has 29 heavy (non-hydrogen) atoms. The van der Waals surface area contributed by atoms with Crippen molar-refractivity contribution in [2.45, 2.75) is 49.8 Å². The number of hydrogen-bond donors (Lipinski definition) is 2. The van der Waals surface area contributed by atoms with E-state index in [0.29, 0.717) is 39.6 Å². The predicted octanol–water partition coefficient (Wildman–Crippen LogP) is 4.66. The molecule has 7 heteroatoms. The normalized spacial score (nSPS) is 26.9. The topological polar surface area (TPSA) is 77.8 Å². The summed E-state index contributed by atoms with van der Waals surface area (Å²) in [6.07, 6.45) is 2.23. The summed E-state index contributed by atoms with van der Waals surface area (Å²) >= 11 is 12.5. The summed E-state index contributed by atoms with van der Waals surface area (Å²) in [5, 5.41) is 21.6. The molecule has 1 aliphatic heterocycles. The molecule has 152 valence electrons. The van der Waals surface area contributed by atoms with Crippen molar-refractivity contribution in [2.75, 3.05) is 0 Å². The van der Waals surface area contributed by atoms with Crippen LogP contribution in [0.4, 0.5) is 0 Å². The van der Waals surface area contributed by atoms with Gasteiger partial charge in [0.25, 0.3) is 5.91 Å². The SMILES string of the molecule is O=C(O)[C@@H]1c2ccccc2C(=O)N([C@H]2CCCC[C@@H]2O)[C@H]1c1ccc(Cl)cc1Cl. The van der Waals surface area contributed by atoms with Crippen LogP contribution in [0.15, 0.2) is 42.5 Å². The van der Waals surface area contributed by atoms with Gasteiger partial charge in [-0.2, -0.15) is 0 Å². The number of nitrogens with zero attached hydrogens (tertiary/aromatic N) is 1. The number of aliphatic hydroxyl groups is 1. The number of carboxylic acid groups (broad SMARTS) is 1. The zero-order valence-corrected chi connectivity index (χ0v) is 17.1. The number of carbonyl (C=O) groups excluding carboxylic acids is 1. The number of rotatable bonds is 3. The van der Waals surface area contributed by atoms with Crippen LogP contribution >= 0.6 is 23.2 Å². The average Bonchev–Trinajstić information content (AvgIpc) is 2.69. The molecule has 1 fully saturated rings. The molecule has 4 atom stereocenters. The minimum atomic E-state index is -1.05. The van der Waals surface area contributed by atoms with Gasteiger partial charge in [-0.3, -0.25) is 9.59 Å². The fourth-order valence-corrected chi connectivity index (χ4v) is 5.19. The molecule has 2 aromatic rings. The summed E-state index contributed by atoms with van der Waals surface area (Å²) in [4.78, 5) is 27.5. The molecule has 1 aliphatic carbocycles. The molecule has 2 aliphatic rings. The second-order valence-corrected chi connectivity index (χ2v) is 8.49. The average molecular weight is 434 g/mol. The summed E-state index contributed by atoms with van der Waals surface area (Å²) in [7, 11) is 0. The number of aliphatic hydroxyl groups excluding tert-OH is 1. The molecule has 1 amide bonds. The molecule has 2 aromatic carbocycles. The molecule has 0 radical (unpaired) electrons. The second kappa shape index (κ2) is 7.98. The highest BCUT2D eigenvalue weighted by atomic mass is 35.5. The number of hydrogen-bond acceptors (Lipinski definition) is 3. The van der Waals surface area contributed by atoms with Gasteiger partial charge < -0.3 is 15.1 Å². The summed E-state index contributed by atoms with van der Waals surface area (Å²) in [6, 6.07) is 10.3. The van der Waals surface area contributed by atoms with Crippen LogP contribution in [-0.2, 0) is 4.79 Å². The lowest BCUT2D eigenvalue weighted by atomic mass is 9.77. The minimum Gasteiger partial charge on any atom is -0.481 e. The Bertz CT molecular complexity index is 964. The maximum absolute atomic E-state index is 13.5. The highest BCUT2D eigenvalue weighted by molar-refractivity contribution is 6.35. The van der Waals surface area contributed by atoms with Crippen molar-refractivity contribution in [3.8, 4) is 0 Å². The van der Waals surface area contributed by atoms with Gasteiger partial charge in [0.1, 0.15) is 5.92 Å². The summed E-state index contributed by atoms with van der Waals surface area (Å²) in [5.74, 6) is -2.33. The van der Waals surface area contributed by atoms with E-state index in [1.165, 1.54) is 0 Å². The third-order valence-corrected chi connectivity index (χ3v) is 6.54. The molecule has 5 nitrogen and oxygen atoms in total. The van der Waals surface area contributed by atoms with Gasteiger partial charge in [-0.1, -0.05) is 60.3 Å². The summed E-state index contributed by atoms with van der Waals surface area (Å²) < 4.78 is 0. The monoisotopic (exact) mass is 433 g/mol. The van der Waals surface area contributed by atoms with Gasteiger partial charge >= 0.3 is 5.97 Å². The van der Waals surface area contributed by atoms with E-state index in [4.69, 9.17) is 23.2 Å². The Kier molecular flexibility index (Phi) is 5.56. The van der Waals surface area contributed by atoms with Crippen LogP contribution in [0.25, 0.3) is 0 Å². The van der Waals surface area contributed by atoms with Crippen molar-refractivity contribution in [1.29, 1.82) is 0 Å². The van der Waals surface area contributed by atoms with Crippen LogP contribution < -0.4 is 0 Å². The maximum atomic E-state index is 13.5. The van der Waals surface area contributed by atoms with Crippen molar-refractivity contribution in [3.05, 3.63) is 69.2 Å². The Morgan fingerprint density at radius 3 is 2.45 bits per heavy atom. The fourth-order valence-electron chi connectivity index (χ4n) is 4.67. The molecule has 1 heterocycles. The van der Waals surface area contributed by atoms with Gasteiger partial charge in [0.05, 0.1) is 18.2 Å². The van der Waals surface area contributed by atoms with Crippen molar-refractivity contribution >= 4 is 35.1 Å². The van der Waals surface area contributed by atoms with Crippen molar-refractivity contribution in [1.82, 2.24) is 4.90 Å². The van der Waals surface area contributed by atoms with Crippen LogP contribution in [0, 0.1) is 0 Å². The van der Waals surface area contributed by atoms with E-state index in [2.05, 4.69) is 0 Å². The number of halogens is 2. The lowest BCUT2D eigenvalue weighted by Gasteiger charge is -2.47. The number of benzene rings is 2. The highest BCUT2D eigenvalue weighted by Gasteiger charge is 2.48. The summed E-state index contributed by atoms with van der Waals surface area (Å²) in [5.41, 5.74) is 1.34. The molecule has 0 spiro atoms. The molecule has 0 bridgehead atoms. The predicted molar refractivity (Wildman–Crippen MR) is 110 cm³/mol. The molecule has 1 saturated carbocycles. The molecule has 0 unspecified atom stereocenters. The van der Waals surface area contributed by atoms with Crippen LogP contribution in [0.2, 0.25) is 10.0 Å². The number of aliphatic carboxylic acids is 1. The van der Waals surface area contributed by atoms with Crippen LogP contribution in [-0.4, -0.2) is 39.1 Å². The third kappa shape index (κ3) is 3.52. The first-order chi connectivity index (χ1) is 13.9. The molecule has 0 saturated heterocycles. The lowest BCUT2D eigenvalue weighted by Crippen LogP contribution is -2.54. The Balaban J connectivity index is 1.94. The van der Waals surface area contributed by atoms with E-state index in [9.17, 15) is 19.8 Å². The molecule has 2 N–H and O–H groups in total. The van der Waals surface area contributed by atoms with E-state index < -0.39 is 30.1 Å². The Hall–Kier alpha value is -2.08. The zero-order chi connectivity index (χ0) is 20.7. The molecule has 4 rings (SSSR count). The van der Waals surface area contributed by atoms with E-state index in [1.54, 1.807) is 47.4 Å². The van der Waals surface area contributed by atoms with Crippen molar-refractivity contribution < 1.29 is 19.8 Å². The number of fused-ring (bicyclic) bond motifs is 1. The van der Waals surface area contributed by atoms with Gasteiger partial charge in [-0.05, 0) is 42.2 Å². The minimum absolute atomic E-state index is 0.278. The third-order valence-electron chi connectivity index (χ3n) is 5.97. The van der Waals surface area contributed by atoms with E-state index in [0.717, 1.165) is 12.8 Å². The Morgan fingerprint density at radius 1 is 1.03 bits per heavy atom. The molecular formula is C22H21Cl2NO4. The van der Waals surface area contributed by atoms with Gasteiger partial charge in [0.2, 0.25) is 0 Å². The lowest BCUT2D eigenvalue weighted by molar-refractivity contribution is -0.141. The number of carboxylic acids is 1.